The number of aromatic nitrogens is 2. The third kappa shape index (κ3) is 5.48. The molecule has 5 rings (SSSR count). The number of ether oxygens (including phenoxy) is 1. The number of nitrogens with two attached hydrogens (primary N) is 1. The van der Waals surface area contributed by atoms with E-state index in [-0.39, 0.29) is 12.6 Å². The fourth-order valence-electron chi connectivity index (χ4n) is 3.27. The minimum atomic E-state index is -0.159. The Balaban J connectivity index is 1.27. The fourth-order valence-corrected chi connectivity index (χ4v) is 5.07. The van der Waals surface area contributed by atoms with E-state index < -0.39 is 0 Å². The van der Waals surface area contributed by atoms with Crippen LogP contribution >= 0.6 is 22.7 Å². The Morgan fingerprint density at radius 3 is 2.69 bits per heavy atom. The zero-order valence-corrected chi connectivity index (χ0v) is 20.0. The van der Waals surface area contributed by atoms with Crippen LogP contribution < -0.4 is 21.1 Å². The molecule has 7 nitrogen and oxygen atoms in total. The van der Waals surface area contributed by atoms with Gasteiger partial charge in [0.15, 0.2) is 11.9 Å². The molecule has 0 saturated heterocycles. The van der Waals surface area contributed by atoms with Gasteiger partial charge < -0.3 is 21.1 Å². The Hall–Kier alpha value is -4.21. The molecule has 2 heterocycles. The highest BCUT2D eigenvalue weighted by Crippen LogP contribution is 2.38. The Labute approximate surface area is 210 Å². The van der Waals surface area contributed by atoms with E-state index in [1.165, 1.54) is 22.7 Å². The van der Waals surface area contributed by atoms with E-state index in [1.807, 2.05) is 60.0 Å². The number of amides is 1. The summed E-state index contributed by atoms with van der Waals surface area (Å²) in [6.45, 7) is 0.265. The van der Waals surface area contributed by atoms with Gasteiger partial charge in [-0.3, -0.25) is 4.79 Å². The van der Waals surface area contributed by atoms with Crippen molar-refractivity contribution in [2.24, 2.45) is 0 Å². The molecule has 3 aromatic carbocycles. The molecule has 0 bridgehead atoms. The van der Waals surface area contributed by atoms with Gasteiger partial charge in [-0.25, -0.2) is 9.97 Å². The maximum absolute atomic E-state index is 12.5. The van der Waals surface area contributed by atoms with Crippen molar-refractivity contribution < 1.29 is 9.53 Å². The van der Waals surface area contributed by atoms with Crippen LogP contribution in [0.3, 0.4) is 0 Å². The summed E-state index contributed by atoms with van der Waals surface area (Å²) >= 11 is 2.91. The van der Waals surface area contributed by atoms with Crippen LogP contribution in [0.15, 0.2) is 84.2 Å². The topological polar surface area (TPSA) is 102 Å². The number of hydrogen-bond acceptors (Lipinski definition) is 8. The molecule has 2 aromatic heterocycles. The van der Waals surface area contributed by atoms with Crippen molar-refractivity contribution in [3.63, 3.8) is 0 Å². The van der Waals surface area contributed by atoms with E-state index in [0.717, 1.165) is 26.9 Å². The molecule has 0 saturated carbocycles. The van der Waals surface area contributed by atoms with Crippen molar-refractivity contribution in [1.29, 1.82) is 0 Å². The minimum absolute atomic E-state index is 0.159. The van der Waals surface area contributed by atoms with Gasteiger partial charge in [0.2, 0.25) is 0 Å². The average molecular weight is 499 g/mol. The number of nitrogens with one attached hydrogen (secondary N) is 2. The molecule has 0 fully saturated rings. The lowest BCUT2D eigenvalue weighted by Gasteiger charge is -2.06. The SMILES string of the molecule is Nc1nc(NCOc2cc[c]cc2)sc1-c1nc(-c2cccc(NC(=O)c3ccccc3)c2)cs1. The monoisotopic (exact) mass is 498 g/mol. The second-order valence-corrected chi connectivity index (χ2v) is 9.23. The highest BCUT2D eigenvalue weighted by molar-refractivity contribution is 7.23. The van der Waals surface area contributed by atoms with Crippen molar-refractivity contribution in [2.75, 3.05) is 23.1 Å². The smallest absolute Gasteiger partial charge is 0.255 e. The van der Waals surface area contributed by atoms with Gasteiger partial charge in [0.05, 0.1) is 5.69 Å². The molecule has 0 atom stereocenters. The highest BCUT2D eigenvalue weighted by atomic mass is 32.1. The van der Waals surface area contributed by atoms with E-state index in [2.05, 4.69) is 21.7 Å². The molecule has 5 aromatic rings. The third-order valence-electron chi connectivity index (χ3n) is 4.95. The number of thiazole rings is 2. The van der Waals surface area contributed by atoms with Gasteiger partial charge in [-0.2, -0.15) is 0 Å². The summed E-state index contributed by atoms with van der Waals surface area (Å²) in [6.07, 6.45) is 0. The van der Waals surface area contributed by atoms with Gasteiger partial charge in [-0.15, -0.1) is 11.3 Å². The van der Waals surface area contributed by atoms with Crippen molar-refractivity contribution in [3.05, 3.63) is 95.9 Å². The Bertz CT molecular complexity index is 1430. The number of hydrogen-bond donors (Lipinski definition) is 3. The molecule has 0 aliphatic carbocycles. The van der Waals surface area contributed by atoms with Gasteiger partial charge in [0.25, 0.3) is 5.91 Å². The summed E-state index contributed by atoms with van der Waals surface area (Å²) < 4.78 is 5.65. The van der Waals surface area contributed by atoms with Gasteiger partial charge in [0.1, 0.15) is 21.5 Å². The number of carbonyl (C=O) groups is 1. The number of rotatable bonds is 8. The second-order valence-electron chi connectivity index (χ2n) is 7.37. The normalized spacial score (nSPS) is 10.6. The van der Waals surface area contributed by atoms with Crippen LogP contribution in [0.5, 0.6) is 5.75 Å². The summed E-state index contributed by atoms with van der Waals surface area (Å²) in [5.41, 5.74) is 9.17. The van der Waals surface area contributed by atoms with Crippen molar-refractivity contribution >= 4 is 45.2 Å². The van der Waals surface area contributed by atoms with Crippen molar-refractivity contribution in [3.8, 4) is 26.9 Å². The number of carbonyl (C=O) groups excluding carboxylic acids is 1. The molecule has 0 unspecified atom stereocenters. The maximum Gasteiger partial charge on any atom is 0.255 e. The first-order valence-corrected chi connectivity index (χ1v) is 12.4. The molecular formula is C26H20N5O2S2. The molecule has 4 N–H and O–H groups in total. The van der Waals surface area contributed by atoms with Crippen LogP contribution in [0, 0.1) is 6.07 Å². The summed E-state index contributed by atoms with van der Waals surface area (Å²) in [7, 11) is 0. The third-order valence-corrected chi connectivity index (χ3v) is 6.98. The van der Waals surface area contributed by atoms with Crippen LogP contribution in [0.1, 0.15) is 10.4 Å². The lowest BCUT2D eigenvalue weighted by Crippen LogP contribution is -2.11. The molecule has 0 aliphatic rings. The maximum atomic E-state index is 12.5. The largest absolute Gasteiger partial charge is 0.473 e. The van der Waals surface area contributed by atoms with E-state index in [1.54, 1.807) is 24.3 Å². The van der Waals surface area contributed by atoms with E-state index in [9.17, 15) is 4.79 Å². The Kier molecular flexibility index (Phi) is 6.69. The van der Waals surface area contributed by atoms with Gasteiger partial charge in [-0.05, 0) is 42.5 Å². The summed E-state index contributed by atoms with van der Waals surface area (Å²) in [4.78, 5) is 22.4. The van der Waals surface area contributed by atoms with Crippen LogP contribution in [-0.2, 0) is 0 Å². The average Bonchev–Trinajstić information content (AvgIpc) is 3.52. The lowest BCUT2D eigenvalue weighted by molar-refractivity contribution is 0.102. The van der Waals surface area contributed by atoms with Crippen LogP contribution in [0.25, 0.3) is 21.1 Å². The zero-order valence-electron chi connectivity index (χ0n) is 18.4. The van der Waals surface area contributed by atoms with E-state index >= 15 is 0 Å². The quantitative estimate of drug-likeness (QED) is 0.226. The first kappa shape index (κ1) is 22.6. The van der Waals surface area contributed by atoms with Crippen LogP contribution in [-0.4, -0.2) is 22.6 Å². The predicted molar refractivity (Wildman–Crippen MR) is 142 cm³/mol. The molecule has 35 heavy (non-hydrogen) atoms. The van der Waals surface area contributed by atoms with Gasteiger partial charge in [0, 0.05) is 22.2 Å². The Morgan fingerprint density at radius 2 is 1.86 bits per heavy atom. The van der Waals surface area contributed by atoms with Gasteiger partial charge >= 0.3 is 0 Å². The van der Waals surface area contributed by atoms with E-state index in [0.29, 0.717) is 22.2 Å². The molecule has 0 spiro atoms. The highest BCUT2D eigenvalue weighted by Gasteiger charge is 2.15. The van der Waals surface area contributed by atoms with Crippen LogP contribution in [0.4, 0.5) is 16.6 Å². The number of anilines is 3. The fraction of sp³-hybridized carbons (Fsp3) is 0.0385. The summed E-state index contributed by atoms with van der Waals surface area (Å²) in [5.74, 6) is 0.998. The summed E-state index contributed by atoms with van der Waals surface area (Å²) in [5, 5.41) is 9.47. The molecule has 1 amide bonds. The second kappa shape index (κ2) is 10.4. The first-order valence-electron chi connectivity index (χ1n) is 10.7. The zero-order chi connectivity index (χ0) is 24.0. The number of nitrogen functional groups attached to an aromatic ring is 1. The Morgan fingerprint density at radius 1 is 1.03 bits per heavy atom. The molecule has 0 aliphatic heterocycles. The molecule has 1 radical (unpaired) electrons. The predicted octanol–water partition coefficient (Wildman–Crippen LogP) is 6.02. The molecule has 9 heteroatoms. The number of nitrogens with zero attached hydrogens (tertiary/aromatic N) is 2. The first-order chi connectivity index (χ1) is 17.2. The minimum Gasteiger partial charge on any atom is -0.473 e. The lowest BCUT2D eigenvalue weighted by atomic mass is 10.1. The standard InChI is InChI=1S/C26H20N5O2S2/c27-23-22(35-26(31-23)28-16-33-20-12-5-2-6-13-20)25-30-21(15-34-25)18-10-7-11-19(14-18)29-24(32)17-8-3-1-4-9-17/h1,3-15H,16,27H2,(H,28,31)(H,29,32). The van der Waals surface area contributed by atoms with Crippen LogP contribution in [0.2, 0.25) is 0 Å². The molecular weight excluding hydrogens is 478 g/mol. The van der Waals surface area contributed by atoms with E-state index in [4.69, 9.17) is 15.5 Å². The van der Waals surface area contributed by atoms with Crippen molar-refractivity contribution in [1.82, 2.24) is 9.97 Å². The summed E-state index contributed by atoms with van der Waals surface area (Å²) in [6, 6.07) is 26.9. The molecule has 173 valence electrons. The number of benzene rings is 3. The van der Waals surface area contributed by atoms with Gasteiger partial charge in [-0.1, -0.05) is 53.8 Å². The van der Waals surface area contributed by atoms with Crippen molar-refractivity contribution in [2.45, 2.75) is 0 Å².